The summed E-state index contributed by atoms with van der Waals surface area (Å²) < 4.78 is 0. The second-order valence-corrected chi connectivity index (χ2v) is 0. The van der Waals surface area contributed by atoms with Gasteiger partial charge in [-0.15, -0.1) is 0 Å². The Bertz CT molecular complexity index is 11.6. The summed E-state index contributed by atoms with van der Waals surface area (Å²) in [5, 5.41) is 0. The third-order valence-corrected chi connectivity index (χ3v) is 0. The van der Waals surface area contributed by atoms with Crippen LogP contribution in [0.2, 0.25) is 0 Å². The van der Waals surface area contributed by atoms with E-state index in [1.165, 1.54) is 0 Å². The predicted molar refractivity (Wildman–Crippen MR) is 7.15 cm³/mol. The van der Waals surface area contributed by atoms with Crippen LogP contribution in [0, 0.1) is 0 Å². The van der Waals surface area contributed by atoms with Gasteiger partial charge in [-0.2, -0.15) is 0 Å². The zero-order chi connectivity index (χ0) is 0. The second-order valence-electron chi connectivity index (χ2n) is 0. The minimum absolute atomic E-state index is 0. The van der Waals surface area contributed by atoms with Crippen LogP contribution >= 0.6 is 0 Å². The van der Waals surface area contributed by atoms with Crippen LogP contribution in [0.25, 0.3) is 0 Å². The Kier molecular flexibility index (Phi) is 291. The van der Waals surface area contributed by atoms with Gasteiger partial charge in [0, 0.05) is 67.7 Å². The van der Waals surface area contributed by atoms with Crippen LogP contribution in [-0.4, -0.2) is 18.9 Å². The van der Waals surface area contributed by atoms with E-state index in [0.717, 1.165) is 0 Å². The van der Waals surface area contributed by atoms with Crippen LogP contribution in [0.15, 0.2) is 0 Å². The Balaban J connectivity index is 0. The van der Waals surface area contributed by atoms with Crippen molar-refractivity contribution in [2.45, 2.75) is 0 Å². The van der Waals surface area contributed by atoms with Crippen LogP contribution in [-0.2, 0) is 67.7 Å². The van der Waals surface area contributed by atoms with Crippen molar-refractivity contribution >= 4 is 18.9 Å². The molecule has 0 aromatic carbocycles. The molecule has 0 unspecified atom stereocenters. The molecule has 0 N–H and O–H groups in total. The Morgan fingerprint density at radius 2 is 1.00 bits per heavy atom. The molecule has 0 saturated heterocycles. The molecule has 0 atom stereocenters. The minimum atomic E-state index is 0. The van der Waals surface area contributed by atoms with Gasteiger partial charge in [-0.1, -0.05) is 0 Å². The summed E-state index contributed by atoms with van der Waals surface area (Å²) >= 11 is 0. The molecule has 0 fully saturated rings. The summed E-state index contributed by atoms with van der Waals surface area (Å²) in [6.07, 6.45) is 0. The number of hydrogen-bond acceptors (Lipinski definition) is 0. The summed E-state index contributed by atoms with van der Waals surface area (Å²) in [6, 6.07) is 0. The first-order valence-electron chi connectivity index (χ1n) is 0. The van der Waals surface area contributed by atoms with Gasteiger partial charge >= 0.3 is 18.9 Å². The van der Waals surface area contributed by atoms with Crippen LogP contribution < -0.4 is 0 Å². The molecule has 0 amide bonds. The molecular weight excluding hydrogens is 240 g/mol. The number of rotatable bonds is 0. The molecule has 0 aromatic heterocycles. The molecule has 0 rings (SSSR count). The van der Waals surface area contributed by atoms with Gasteiger partial charge in [0.25, 0.3) is 0 Å². The maximum Gasteiger partial charge on any atom is 0 e. The third kappa shape index (κ3) is 20.5. The van der Waals surface area contributed by atoms with Crippen LogP contribution in [0.4, 0.5) is 0 Å². The first-order valence-corrected chi connectivity index (χ1v) is 0. The molecule has 0 saturated carbocycles. The SMILES string of the molecule is [Cu].[Fe].[LiH].[Mn].[Ni]. The topological polar surface area (TPSA) is 0 Å². The third-order valence-electron chi connectivity index (χ3n) is 0. The molecule has 38 valence electrons. The molecule has 0 aliphatic carbocycles. The van der Waals surface area contributed by atoms with E-state index in [4.69, 9.17) is 0 Å². The average Bonchev–Trinajstić information content (AvgIpc) is 0. The van der Waals surface area contributed by atoms with Crippen LogP contribution in [0.5, 0.6) is 0 Å². The van der Waals surface area contributed by atoms with Crippen molar-refractivity contribution in [1.29, 1.82) is 0 Å². The molecule has 0 aliphatic heterocycles. The molecule has 0 aliphatic rings. The summed E-state index contributed by atoms with van der Waals surface area (Å²) in [7, 11) is 0. The maximum atomic E-state index is 0. The van der Waals surface area contributed by atoms with Crippen LogP contribution in [0.3, 0.4) is 0 Å². The Morgan fingerprint density at radius 3 is 1.00 bits per heavy atom. The van der Waals surface area contributed by atoms with E-state index in [0.29, 0.717) is 0 Å². The fraction of sp³-hybridized carbons (Fsp3) is 0. The second kappa shape index (κ2) is 30.2. The maximum absolute atomic E-state index is 0. The summed E-state index contributed by atoms with van der Waals surface area (Å²) in [5.41, 5.74) is 0. The van der Waals surface area contributed by atoms with E-state index >= 15 is 0 Å². The van der Waals surface area contributed by atoms with E-state index in [-0.39, 0.29) is 86.6 Å². The standard InChI is InChI=1S/Cu.Fe.Li.Mn.Ni.H. The van der Waals surface area contributed by atoms with Gasteiger partial charge < -0.3 is 0 Å². The predicted octanol–water partition coefficient (Wildman–Crippen LogP) is -0.659. The fourth-order valence-corrected chi connectivity index (χ4v) is 0. The number of hydrogen-bond donors (Lipinski definition) is 0. The average molecular weight is 241 g/mol. The van der Waals surface area contributed by atoms with Crippen molar-refractivity contribution in [2.75, 3.05) is 0 Å². The molecular formula is HCuFeLiMnNi. The summed E-state index contributed by atoms with van der Waals surface area (Å²) in [5.74, 6) is 0. The Hall–Kier alpha value is 2.65. The fourth-order valence-electron chi connectivity index (χ4n) is 0. The quantitative estimate of drug-likeness (QED) is 0.494. The normalized spacial score (nSPS) is 0. The Labute approximate surface area is 85.5 Å². The minimum Gasteiger partial charge on any atom is 0 e. The van der Waals surface area contributed by atoms with Crippen molar-refractivity contribution in [3.8, 4) is 0 Å². The molecule has 0 bridgehead atoms. The van der Waals surface area contributed by atoms with Crippen molar-refractivity contribution in [3.05, 3.63) is 0 Å². The van der Waals surface area contributed by atoms with E-state index in [1.807, 2.05) is 0 Å². The molecule has 0 aromatic rings. The molecule has 0 spiro atoms. The monoisotopic (exact) mass is 240 g/mol. The smallest absolute Gasteiger partial charge is 0 e. The summed E-state index contributed by atoms with van der Waals surface area (Å²) in [6.45, 7) is 0. The molecule has 5 heteroatoms. The van der Waals surface area contributed by atoms with Gasteiger partial charge in [0.15, 0.2) is 0 Å². The molecule has 5 heavy (non-hydrogen) atoms. The van der Waals surface area contributed by atoms with Crippen molar-refractivity contribution in [2.24, 2.45) is 0 Å². The van der Waals surface area contributed by atoms with Gasteiger partial charge in [0.05, 0.1) is 0 Å². The summed E-state index contributed by atoms with van der Waals surface area (Å²) in [4.78, 5) is 0. The zero-order valence-electron chi connectivity index (χ0n) is 1.35. The molecule has 0 nitrogen and oxygen atoms in total. The van der Waals surface area contributed by atoms with Gasteiger partial charge in [0.1, 0.15) is 0 Å². The van der Waals surface area contributed by atoms with E-state index in [1.54, 1.807) is 0 Å². The van der Waals surface area contributed by atoms with Crippen molar-refractivity contribution in [3.63, 3.8) is 0 Å². The van der Waals surface area contributed by atoms with Crippen LogP contribution in [0.1, 0.15) is 0 Å². The van der Waals surface area contributed by atoms with Crippen molar-refractivity contribution < 1.29 is 67.7 Å². The first-order chi connectivity index (χ1) is 0. The van der Waals surface area contributed by atoms with Gasteiger partial charge in [-0.05, 0) is 0 Å². The zero-order valence-corrected chi connectivity index (χ0v) is 5.56. The Morgan fingerprint density at radius 1 is 1.00 bits per heavy atom. The van der Waals surface area contributed by atoms with Gasteiger partial charge in [-0.25, -0.2) is 0 Å². The van der Waals surface area contributed by atoms with Gasteiger partial charge in [-0.3, -0.25) is 0 Å². The van der Waals surface area contributed by atoms with Gasteiger partial charge in [0.2, 0.25) is 0 Å². The van der Waals surface area contributed by atoms with E-state index in [9.17, 15) is 0 Å². The first kappa shape index (κ1) is 48.2. The van der Waals surface area contributed by atoms with Crippen molar-refractivity contribution in [1.82, 2.24) is 0 Å². The molecule has 0 heterocycles. The van der Waals surface area contributed by atoms with E-state index < -0.39 is 0 Å². The molecule has 2 radical (unpaired) electrons. The van der Waals surface area contributed by atoms with E-state index in [2.05, 4.69) is 0 Å². The largest absolute Gasteiger partial charge is 0 e.